The number of nitrogens with one attached hydrogen (secondary N) is 1. The summed E-state index contributed by atoms with van der Waals surface area (Å²) in [6, 6.07) is 12.3. The lowest BCUT2D eigenvalue weighted by Crippen LogP contribution is -2.38. The Balaban J connectivity index is 0.00000306. The van der Waals surface area contributed by atoms with Crippen LogP contribution in [-0.4, -0.2) is 47.0 Å². The Morgan fingerprint density at radius 3 is 2.64 bits per heavy atom. The Labute approximate surface area is 206 Å². The topological polar surface area (TPSA) is 87.6 Å². The van der Waals surface area contributed by atoms with Crippen LogP contribution in [0.25, 0.3) is 10.6 Å². The van der Waals surface area contributed by atoms with Crippen LogP contribution in [0.15, 0.2) is 42.5 Å². The number of halogens is 3. The Kier molecular flexibility index (Phi) is 8.85. The van der Waals surface area contributed by atoms with E-state index in [9.17, 15) is 9.18 Å². The number of aliphatic carboxylic acids is 1. The second-order valence-corrected chi connectivity index (χ2v) is 8.89. The molecule has 1 fully saturated rings. The molecule has 1 aliphatic heterocycles. The van der Waals surface area contributed by atoms with Gasteiger partial charge in [-0.25, -0.2) is 4.39 Å². The zero-order chi connectivity index (χ0) is 22.5. The summed E-state index contributed by atoms with van der Waals surface area (Å²) in [6.45, 7) is 1.92. The van der Waals surface area contributed by atoms with Gasteiger partial charge in [0.15, 0.2) is 0 Å². The largest absolute Gasteiger partial charge is 0.489 e. The number of ether oxygens (including phenoxy) is 1. The molecule has 0 amide bonds. The Hall–Kier alpha value is -2.46. The summed E-state index contributed by atoms with van der Waals surface area (Å²) in [6.07, 6.45) is 1.63. The normalized spacial score (nSPS) is 14.1. The van der Waals surface area contributed by atoms with Gasteiger partial charge in [0.05, 0.1) is 18.1 Å². The highest BCUT2D eigenvalue weighted by Crippen LogP contribution is 2.30. The van der Waals surface area contributed by atoms with Crippen molar-refractivity contribution in [3.8, 4) is 16.3 Å². The van der Waals surface area contributed by atoms with E-state index in [1.807, 2.05) is 12.1 Å². The number of aromatic nitrogens is 2. The van der Waals surface area contributed by atoms with E-state index in [2.05, 4.69) is 32.5 Å². The van der Waals surface area contributed by atoms with Crippen LogP contribution >= 0.6 is 35.3 Å². The molecule has 1 aliphatic rings. The van der Waals surface area contributed by atoms with Crippen molar-refractivity contribution in [2.24, 2.45) is 0 Å². The van der Waals surface area contributed by atoms with Crippen molar-refractivity contribution in [2.75, 3.05) is 24.5 Å². The molecule has 0 saturated carbocycles. The SMILES string of the molecule is Cl.O=C(O)CNCc1nnc(-c2ccc(N3CCC(Oc4cc(F)ccc4Cl)CC3)cc2)s1. The molecule has 0 bridgehead atoms. The van der Waals surface area contributed by atoms with Crippen molar-refractivity contribution in [3.05, 3.63) is 58.3 Å². The number of rotatable bonds is 8. The van der Waals surface area contributed by atoms with Crippen LogP contribution in [0, 0.1) is 5.82 Å². The number of carboxylic acids is 1. The van der Waals surface area contributed by atoms with Gasteiger partial charge in [0.25, 0.3) is 0 Å². The van der Waals surface area contributed by atoms with E-state index < -0.39 is 5.97 Å². The number of anilines is 1. The summed E-state index contributed by atoms with van der Waals surface area (Å²) < 4.78 is 19.4. The summed E-state index contributed by atoms with van der Waals surface area (Å²) in [5, 5.41) is 21.8. The van der Waals surface area contributed by atoms with Gasteiger partial charge in [-0.05, 0) is 36.4 Å². The molecule has 2 N–H and O–H groups in total. The van der Waals surface area contributed by atoms with Gasteiger partial charge >= 0.3 is 5.97 Å². The second-order valence-electron chi connectivity index (χ2n) is 7.42. The van der Waals surface area contributed by atoms with Crippen LogP contribution in [0.4, 0.5) is 10.1 Å². The van der Waals surface area contributed by atoms with Gasteiger partial charge in [-0.3, -0.25) is 4.79 Å². The van der Waals surface area contributed by atoms with Crippen molar-refractivity contribution in [2.45, 2.75) is 25.5 Å². The molecule has 0 atom stereocenters. The van der Waals surface area contributed by atoms with E-state index in [4.69, 9.17) is 21.4 Å². The minimum Gasteiger partial charge on any atom is -0.489 e. The van der Waals surface area contributed by atoms with Crippen molar-refractivity contribution in [3.63, 3.8) is 0 Å². The van der Waals surface area contributed by atoms with Gasteiger partial charge in [0.2, 0.25) is 0 Å². The molecular formula is C22H23Cl2FN4O3S. The highest BCUT2D eigenvalue weighted by atomic mass is 35.5. The van der Waals surface area contributed by atoms with Crippen LogP contribution in [0.5, 0.6) is 5.75 Å². The molecule has 3 aromatic rings. The monoisotopic (exact) mass is 512 g/mol. The second kappa shape index (κ2) is 11.6. The third-order valence-electron chi connectivity index (χ3n) is 5.13. The van der Waals surface area contributed by atoms with E-state index in [1.165, 1.54) is 29.5 Å². The fraction of sp³-hybridized carbons (Fsp3) is 0.318. The molecule has 4 rings (SSSR count). The zero-order valence-electron chi connectivity index (χ0n) is 17.5. The first kappa shape index (κ1) is 25.2. The van der Waals surface area contributed by atoms with Gasteiger partial charge in [-0.15, -0.1) is 22.6 Å². The highest BCUT2D eigenvalue weighted by molar-refractivity contribution is 7.14. The van der Waals surface area contributed by atoms with Crippen molar-refractivity contribution < 1.29 is 19.0 Å². The van der Waals surface area contributed by atoms with Crippen molar-refractivity contribution in [1.82, 2.24) is 15.5 Å². The summed E-state index contributed by atoms with van der Waals surface area (Å²) in [7, 11) is 0. The predicted octanol–water partition coefficient (Wildman–Crippen LogP) is 4.64. The number of nitrogens with zero attached hydrogens (tertiary/aromatic N) is 3. The van der Waals surface area contributed by atoms with Crippen LogP contribution in [0.2, 0.25) is 5.02 Å². The fourth-order valence-electron chi connectivity index (χ4n) is 3.51. The number of benzene rings is 2. The summed E-state index contributed by atoms with van der Waals surface area (Å²) in [4.78, 5) is 12.9. The van der Waals surface area contributed by atoms with Crippen LogP contribution in [-0.2, 0) is 11.3 Å². The first-order valence-electron chi connectivity index (χ1n) is 10.2. The fourth-order valence-corrected chi connectivity index (χ4v) is 4.49. The number of hydrogen-bond donors (Lipinski definition) is 2. The number of carbonyl (C=O) groups is 1. The van der Waals surface area contributed by atoms with Crippen LogP contribution in [0.1, 0.15) is 17.8 Å². The van der Waals surface area contributed by atoms with E-state index in [0.717, 1.165) is 47.2 Å². The van der Waals surface area contributed by atoms with E-state index in [-0.39, 0.29) is 30.9 Å². The lowest BCUT2D eigenvalue weighted by molar-refractivity contribution is -0.136. The first-order valence-corrected chi connectivity index (χ1v) is 11.4. The number of carboxylic acid groups (broad SMARTS) is 1. The third kappa shape index (κ3) is 6.77. The highest BCUT2D eigenvalue weighted by Gasteiger charge is 2.22. The molecule has 1 saturated heterocycles. The maximum atomic E-state index is 13.4. The van der Waals surface area contributed by atoms with Gasteiger partial charge in [-0.1, -0.05) is 22.9 Å². The van der Waals surface area contributed by atoms with E-state index in [1.54, 1.807) is 0 Å². The summed E-state index contributed by atoms with van der Waals surface area (Å²) in [5.41, 5.74) is 2.08. The maximum Gasteiger partial charge on any atom is 0.317 e. The average molecular weight is 513 g/mol. The zero-order valence-corrected chi connectivity index (χ0v) is 19.9. The number of hydrogen-bond acceptors (Lipinski definition) is 7. The predicted molar refractivity (Wildman–Crippen MR) is 129 cm³/mol. The van der Waals surface area contributed by atoms with Crippen LogP contribution < -0.4 is 15.0 Å². The molecule has 0 unspecified atom stereocenters. The molecule has 1 aromatic heterocycles. The van der Waals surface area contributed by atoms with Crippen molar-refractivity contribution in [1.29, 1.82) is 0 Å². The molecule has 0 radical (unpaired) electrons. The van der Waals surface area contributed by atoms with Crippen LogP contribution in [0.3, 0.4) is 0 Å². The molecule has 11 heteroatoms. The first-order chi connectivity index (χ1) is 15.5. The summed E-state index contributed by atoms with van der Waals surface area (Å²) >= 11 is 7.54. The molecule has 2 heterocycles. The molecule has 33 heavy (non-hydrogen) atoms. The smallest absolute Gasteiger partial charge is 0.317 e. The summed E-state index contributed by atoms with van der Waals surface area (Å²) in [5.74, 6) is -0.872. The Morgan fingerprint density at radius 2 is 1.94 bits per heavy atom. The standard InChI is InChI=1S/C22H22ClFN4O3S.ClH/c23-18-6-3-15(24)11-19(18)31-17-7-9-28(10-8-17)16-4-1-14(2-5-16)22-27-26-20(32-22)12-25-13-21(29)30;/h1-6,11,17,25H,7-10,12-13H2,(H,29,30);1H. The quantitative estimate of drug-likeness (QED) is 0.454. The molecule has 7 nitrogen and oxygen atoms in total. The Morgan fingerprint density at radius 1 is 1.21 bits per heavy atom. The minimum atomic E-state index is -0.904. The van der Waals surface area contributed by atoms with Gasteiger partial charge in [0, 0.05) is 43.2 Å². The molecule has 2 aromatic carbocycles. The molecule has 0 spiro atoms. The molecular weight excluding hydrogens is 490 g/mol. The maximum absolute atomic E-state index is 13.4. The third-order valence-corrected chi connectivity index (χ3v) is 6.41. The lowest BCUT2D eigenvalue weighted by Gasteiger charge is -2.34. The van der Waals surface area contributed by atoms with Gasteiger partial charge in [-0.2, -0.15) is 0 Å². The van der Waals surface area contributed by atoms with E-state index in [0.29, 0.717) is 17.3 Å². The molecule has 0 aliphatic carbocycles. The van der Waals surface area contributed by atoms with Gasteiger partial charge in [0.1, 0.15) is 27.7 Å². The lowest BCUT2D eigenvalue weighted by atomic mass is 10.1. The molecule has 176 valence electrons. The van der Waals surface area contributed by atoms with E-state index >= 15 is 0 Å². The minimum absolute atomic E-state index is 0. The van der Waals surface area contributed by atoms with Gasteiger partial charge < -0.3 is 20.1 Å². The average Bonchev–Trinajstić information content (AvgIpc) is 3.26. The number of piperidine rings is 1. The Bertz CT molecular complexity index is 1080. The van der Waals surface area contributed by atoms with Crippen molar-refractivity contribution >= 4 is 47.0 Å².